The zero-order chi connectivity index (χ0) is 12.2. The molecular weight excluding hydrogens is 226 g/mol. The van der Waals surface area contributed by atoms with E-state index >= 15 is 0 Å². The summed E-state index contributed by atoms with van der Waals surface area (Å²) in [5.74, 6) is 1.08. The van der Waals surface area contributed by atoms with Crippen molar-refractivity contribution >= 4 is 5.82 Å². The van der Waals surface area contributed by atoms with E-state index in [1.165, 1.54) is 24.8 Å². The Morgan fingerprint density at radius 1 is 1.22 bits per heavy atom. The summed E-state index contributed by atoms with van der Waals surface area (Å²) < 4.78 is 5.36. The van der Waals surface area contributed by atoms with Gasteiger partial charge in [0.25, 0.3) is 0 Å². The molecule has 2 saturated heterocycles. The van der Waals surface area contributed by atoms with Gasteiger partial charge in [0, 0.05) is 25.3 Å². The molecule has 4 nitrogen and oxygen atoms in total. The molecule has 1 aromatic rings. The van der Waals surface area contributed by atoms with Crippen LogP contribution < -0.4 is 10.2 Å². The lowest BCUT2D eigenvalue weighted by molar-refractivity contribution is 0.122. The number of piperidine rings is 1. The van der Waals surface area contributed by atoms with Gasteiger partial charge in [-0.25, -0.2) is 4.98 Å². The number of hydrogen-bond acceptors (Lipinski definition) is 4. The lowest BCUT2D eigenvalue weighted by Gasteiger charge is -2.28. The van der Waals surface area contributed by atoms with Gasteiger partial charge >= 0.3 is 0 Å². The number of nitrogens with zero attached hydrogens (tertiary/aromatic N) is 2. The number of ether oxygens (including phenoxy) is 1. The van der Waals surface area contributed by atoms with Gasteiger partial charge in [-0.3, -0.25) is 0 Å². The van der Waals surface area contributed by atoms with Gasteiger partial charge in [-0.1, -0.05) is 12.5 Å². The summed E-state index contributed by atoms with van der Waals surface area (Å²) in [6, 6.07) is 4.88. The van der Waals surface area contributed by atoms with Crippen LogP contribution in [0.4, 0.5) is 5.82 Å². The molecule has 0 amide bonds. The maximum atomic E-state index is 5.36. The second-order valence-electron chi connectivity index (χ2n) is 5.05. The lowest BCUT2D eigenvalue weighted by Crippen LogP contribution is -2.36. The predicted octanol–water partition coefficient (Wildman–Crippen LogP) is 1.73. The molecule has 0 bridgehead atoms. The molecule has 0 unspecified atom stereocenters. The third kappa shape index (κ3) is 2.65. The van der Waals surface area contributed by atoms with Crippen molar-refractivity contribution < 1.29 is 4.74 Å². The van der Waals surface area contributed by atoms with Gasteiger partial charge in [-0.2, -0.15) is 0 Å². The van der Waals surface area contributed by atoms with Crippen LogP contribution in [-0.4, -0.2) is 37.8 Å². The van der Waals surface area contributed by atoms with Crippen molar-refractivity contribution in [3.8, 4) is 0 Å². The molecule has 4 heteroatoms. The smallest absolute Gasteiger partial charge is 0.128 e. The van der Waals surface area contributed by atoms with Crippen molar-refractivity contribution in [3.05, 3.63) is 23.9 Å². The van der Waals surface area contributed by atoms with E-state index in [0.717, 1.165) is 38.7 Å². The second-order valence-corrected chi connectivity index (χ2v) is 5.05. The third-order valence-corrected chi connectivity index (χ3v) is 3.82. The number of pyridine rings is 1. The van der Waals surface area contributed by atoms with Gasteiger partial charge < -0.3 is 15.0 Å². The zero-order valence-corrected chi connectivity index (χ0v) is 10.8. The first kappa shape index (κ1) is 11.9. The van der Waals surface area contributed by atoms with E-state index in [0.29, 0.717) is 6.04 Å². The van der Waals surface area contributed by atoms with E-state index in [4.69, 9.17) is 4.74 Å². The summed E-state index contributed by atoms with van der Waals surface area (Å²) in [6.07, 6.45) is 5.89. The minimum atomic E-state index is 0.505. The molecule has 0 aliphatic carbocycles. The fourth-order valence-electron chi connectivity index (χ4n) is 2.72. The molecule has 2 aliphatic rings. The zero-order valence-electron chi connectivity index (χ0n) is 10.8. The summed E-state index contributed by atoms with van der Waals surface area (Å²) in [4.78, 5) is 6.90. The lowest BCUT2D eigenvalue weighted by atomic mass is 9.99. The van der Waals surface area contributed by atoms with E-state index in [-0.39, 0.29) is 0 Å². The Morgan fingerprint density at radius 2 is 2.11 bits per heavy atom. The normalized spacial score (nSPS) is 25.1. The Bertz CT molecular complexity index is 330. The molecule has 0 aromatic carbocycles. The van der Waals surface area contributed by atoms with E-state index in [9.17, 15) is 0 Å². The fourth-order valence-corrected chi connectivity index (χ4v) is 2.72. The van der Waals surface area contributed by atoms with Crippen molar-refractivity contribution in [1.29, 1.82) is 0 Å². The summed E-state index contributed by atoms with van der Waals surface area (Å²) in [5, 5.41) is 3.56. The van der Waals surface area contributed by atoms with Crippen LogP contribution in [0.1, 0.15) is 30.9 Å². The highest BCUT2D eigenvalue weighted by Gasteiger charge is 2.16. The van der Waals surface area contributed by atoms with Crippen LogP contribution >= 0.6 is 0 Å². The minimum Gasteiger partial charge on any atom is -0.378 e. The first-order chi connectivity index (χ1) is 8.93. The number of morpholine rings is 1. The number of rotatable bonds is 2. The van der Waals surface area contributed by atoms with Crippen molar-refractivity contribution in [2.45, 2.75) is 25.3 Å². The Balaban J connectivity index is 1.67. The molecule has 0 radical (unpaired) electrons. The summed E-state index contributed by atoms with van der Waals surface area (Å²) >= 11 is 0. The molecule has 2 fully saturated rings. The third-order valence-electron chi connectivity index (χ3n) is 3.82. The molecule has 0 saturated carbocycles. The van der Waals surface area contributed by atoms with Crippen molar-refractivity contribution in [3.63, 3.8) is 0 Å². The monoisotopic (exact) mass is 247 g/mol. The minimum absolute atomic E-state index is 0.505. The van der Waals surface area contributed by atoms with Gasteiger partial charge in [0.2, 0.25) is 0 Å². The van der Waals surface area contributed by atoms with Crippen LogP contribution in [-0.2, 0) is 4.74 Å². The molecule has 98 valence electrons. The second kappa shape index (κ2) is 5.67. The van der Waals surface area contributed by atoms with Crippen LogP contribution in [0.25, 0.3) is 0 Å². The van der Waals surface area contributed by atoms with Crippen LogP contribution in [0.15, 0.2) is 18.3 Å². The SMILES string of the molecule is c1cc(N2CCOCC2)ncc1[C@H]1CCCCN1. The predicted molar refractivity (Wildman–Crippen MR) is 71.9 cm³/mol. The van der Waals surface area contributed by atoms with E-state index in [2.05, 4.69) is 27.3 Å². The topological polar surface area (TPSA) is 37.4 Å². The van der Waals surface area contributed by atoms with Gasteiger partial charge in [0.05, 0.1) is 13.2 Å². The highest BCUT2D eigenvalue weighted by Crippen LogP contribution is 2.23. The number of nitrogens with one attached hydrogen (secondary N) is 1. The van der Waals surface area contributed by atoms with Gasteiger partial charge in [-0.15, -0.1) is 0 Å². The van der Waals surface area contributed by atoms with Gasteiger partial charge in [0.15, 0.2) is 0 Å². The highest BCUT2D eigenvalue weighted by molar-refractivity contribution is 5.40. The molecule has 1 atom stereocenters. The largest absolute Gasteiger partial charge is 0.378 e. The summed E-state index contributed by atoms with van der Waals surface area (Å²) in [5.41, 5.74) is 1.33. The Kier molecular flexibility index (Phi) is 3.76. The molecule has 2 aliphatic heterocycles. The molecular formula is C14H21N3O. The Morgan fingerprint density at radius 3 is 2.78 bits per heavy atom. The number of hydrogen-bond donors (Lipinski definition) is 1. The average molecular weight is 247 g/mol. The number of aromatic nitrogens is 1. The molecule has 18 heavy (non-hydrogen) atoms. The summed E-state index contributed by atoms with van der Waals surface area (Å²) in [7, 11) is 0. The van der Waals surface area contributed by atoms with Crippen LogP contribution in [0.3, 0.4) is 0 Å². The van der Waals surface area contributed by atoms with Crippen LogP contribution in [0.2, 0.25) is 0 Å². The molecule has 1 aromatic heterocycles. The fraction of sp³-hybridized carbons (Fsp3) is 0.643. The first-order valence-corrected chi connectivity index (χ1v) is 6.95. The Hall–Kier alpha value is -1.13. The number of anilines is 1. The maximum absolute atomic E-state index is 5.36. The van der Waals surface area contributed by atoms with Crippen molar-refractivity contribution in [2.24, 2.45) is 0 Å². The molecule has 3 rings (SSSR count). The molecule has 0 spiro atoms. The average Bonchev–Trinajstić information content (AvgIpc) is 2.49. The highest BCUT2D eigenvalue weighted by atomic mass is 16.5. The molecule has 3 heterocycles. The van der Waals surface area contributed by atoms with Crippen molar-refractivity contribution in [2.75, 3.05) is 37.7 Å². The van der Waals surface area contributed by atoms with E-state index in [1.807, 2.05) is 6.20 Å². The standard InChI is InChI=1S/C14H21N3O/c1-2-6-15-13(3-1)12-4-5-14(16-11-12)17-7-9-18-10-8-17/h4-5,11,13,15H,1-3,6-10H2/t13-/m1/s1. The van der Waals surface area contributed by atoms with Gasteiger partial charge in [-0.05, 0) is 31.0 Å². The maximum Gasteiger partial charge on any atom is 0.128 e. The van der Waals surface area contributed by atoms with Crippen LogP contribution in [0, 0.1) is 0 Å². The van der Waals surface area contributed by atoms with Gasteiger partial charge in [0.1, 0.15) is 5.82 Å². The van der Waals surface area contributed by atoms with Crippen molar-refractivity contribution in [1.82, 2.24) is 10.3 Å². The molecule has 1 N–H and O–H groups in total. The van der Waals surface area contributed by atoms with E-state index < -0.39 is 0 Å². The van der Waals surface area contributed by atoms with E-state index in [1.54, 1.807) is 0 Å². The quantitative estimate of drug-likeness (QED) is 0.863. The summed E-state index contributed by atoms with van der Waals surface area (Å²) in [6.45, 7) is 4.67. The first-order valence-electron chi connectivity index (χ1n) is 6.95. The Labute approximate surface area is 108 Å². The van der Waals surface area contributed by atoms with Crippen LogP contribution in [0.5, 0.6) is 0 Å².